The van der Waals surface area contributed by atoms with E-state index in [2.05, 4.69) is 5.32 Å². The van der Waals surface area contributed by atoms with Crippen LogP contribution in [0.15, 0.2) is 24.3 Å². The van der Waals surface area contributed by atoms with E-state index in [1.807, 2.05) is 6.92 Å². The number of amides is 1. The summed E-state index contributed by atoms with van der Waals surface area (Å²) >= 11 is 0. The minimum absolute atomic E-state index is 0.0310. The normalized spacial score (nSPS) is 11.7. The van der Waals surface area contributed by atoms with Crippen molar-refractivity contribution in [2.24, 2.45) is 0 Å². The first-order chi connectivity index (χ1) is 9.93. The molecule has 0 aromatic heterocycles. The fourth-order valence-electron chi connectivity index (χ4n) is 1.95. The predicted molar refractivity (Wildman–Crippen MR) is 79.2 cm³/mol. The van der Waals surface area contributed by atoms with Crippen molar-refractivity contribution in [2.45, 2.75) is 45.6 Å². The number of nitrogens with one attached hydrogen (secondary N) is 1. The molecule has 1 rings (SSSR count). The maximum Gasteiger partial charge on any atom is 0.326 e. The molecule has 114 valence electrons. The second kappa shape index (κ2) is 8.19. The minimum Gasteiger partial charge on any atom is -0.480 e. The number of benzene rings is 1. The summed E-state index contributed by atoms with van der Waals surface area (Å²) in [4.78, 5) is 34.1. The molecular formula is C16H21NO4. The Bertz CT molecular complexity index is 508. The van der Waals surface area contributed by atoms with Gasteiger partial charge in [0.25, 0.3) is 0 Å². The van der Waals surface area contributed by atoms with Gasteiger partial charge in [-0.2, -0.15) is 0 Å². The molecule has 0 fully saturated rings. The SMILES string of the molecule is CCCC[C@H](NC(=O)Cc1ccc(C(C)=O)cc1)C(=O)O. The number of unbranched alkanes of at least 4 members (excludes halogenated alkanes) is 1. The van der Waals surface area contributed by atoms with E-state index in [1.165, 1.54) is 6.92 Å². The van der Waals surface area contributed by atoms with Gasteiger partial charge in [0.15, 0.2) is 5.78 Å². The Labute approximate surface area is 124 Å². The van der Waals surface area contributed by atoms with Crippen molar-refractivity contribution < 1.29 is 19.5 Å². The number of carbonyl (C=O) groups excluding carboxylic acids is 2. The van der Waals surface area contributed by atoms with Gasteiger partial charge in [-0.3, -0.25) is 9.59 Å². The standard InChI is InChI=1S/C16H21NO4/c1-3-4-5-14(16(20)21)17-15(19)10-12-6-8-13(9-7-12)11(2)18/h6-9,14H,3-5,10H2,1-2H3,(H,17,19)(H,20,21)/t14-/m0/s1. The molecule has 0 aliphatic heterocycles. The summed E-state index contributed by atoms with van der Waals surface area (Å²) in [7, 11) is 0. The van der Waals surface area contributed by atoms with Crippen LogP contribution in [-0.4, -0.2) is 28.8 Å². The Morgan fingerprint density at radius 2 is 1.81 bits per heavy atom. The Morgan fingerprint density at radius 1 is 1.19 bits per heavy atom. The third-order valence-electron chi connectivity index (χ3n) is 3.20. The Kier molecular flexibility index (Phi) is 6.59. The summed E-state index contributed by atoms with van der Waals surface area (Å²) in [5.41, 5.74) is 1.34. The van der Waals surface area contributed by atoms with E-state index < -0.39 is 12.0 Å². The molecule has 0 aliphatic carbocycles. The first-order valence-electron chi connectivity index (χ1n) is 7.06. The van der Waals surface area contributed by atoms with Crippen molar-refractivity contribution >= 4 is 17.7 Å². The molecule has 1 aromatic carbocycles. The van der Waals surface area contributed by atoms with Gasteiger partial charge in [0.1, 0.15) is 6.04 Å². The van der Waals surface area contributed by atoms with Crippen LogP contribution in [0.5, 0.6) is 0 Å². The molecular weight excluding hydrogens is 270 g/mol. The minimum atomic E-state index is -1.01. The van der Waals surface area contributed by atoms with Crippen molar-refractivity contribution in [2.75, 3.05) is 0 Å². The Hall–Kier alpha value is -2.17. The van der Waals surface area contributed by atoms with Crippen LogP contribution in [0, 0.1) is 0 Å². The summed E-state index contributed by atoms with van der Waals surface area (Å²) in [6, 6.07) is 5.90. The van der Waals surface area contributed by atoms with Crippen LogP contribution in [0.2, 0.25) is 0 Å². The third-order valence-corrected chi connectivity index (χ3v) is 3.20. The van der Waals surface area contributed by atoms with Gasteiger partial charge < -0.3 is 10.4 Å². The molecule has 0 saturated carbocycles. The molecule has 1 aromatic rings. The molecule has 0 bridgehead atoms. The Morgan fingerprint density at radius 3 is 2.29 bits per heavy atom. The largest absolute Gasteiger partial charge is 0.480 e. The molecule has 21 heavy (non-hydrogen) atoms. The average Bonchev–Trinajstić information content (AvgIpc) is 2.43. The van der Waals surface area contributed by atoms with Crippen molar-refractivity contribution in [1.82, 2.24) is 5.32 Å². The lowest BCUT2D eigenvalue weighted by molar-refractivity contribution is -0.142. The fraction of sp³-hybridized carbons (Fsp3) is 0.438. The lowest BCUT2D eigenvalue weighted by Gasteiger charge is -2.14. The van der Waals surface area contributed by atoms with Crippen LogP contribution in [0.4, 0.5) is 0 Å². The van der Waals surface area contributed by atoms with E-state index in [9.17, 15) is 14.4 Å². The van der Waals surface area contributed by atoms with Gasteiger partial charge in [-0.1, -0.05) is 44.0 Å². The average molecular weight is 291 g/mol. The van der Waals surface area contributed by atoms with Crippen molar-refractivity contribution in [3.8, 4) is 0 Å². The fourth-order valence-corrected chi connectivity index (χ4v) is 1.95. The predicted octanol–water partition coefficient (Wildman–Crippen LogP) is 2.19. The van der Waals surface area contributed by atoms with Gasteiger partial charge in [0, 0.05) is 5.56 Å². The monoisotopic (exact) mass is 291 g/mol. The van der Waals surface area contributed by atoms with Crippen LogP contribution in [0.1, 0.15) is 49.0 Å². The summed E-state index contributed by atoms with van der Waals surface area (Å²) in [6.07, 6.45) is 2.17. The smallest absolute Gasteiger partial charge is 0.326 e. The zero-order chi connectivity index (χ0) is 15.8. The summed E-state index contributed by atoms with van der Waals surface area (Å²) in [5.74, 6) is -1.37. The van der Waals surface area contributed by atoms with E-state index in [-0.39, 0.29) is 18.1 Å². The number of carboxylic acid groups (broad SMARTS) is 1. The highest BCUT2D eigenvalue weighted by Crippen LogP contribution is 2.07. The number of rotatable bonds is 8. The third kappa shape index (κ3) is 5.77. The molecule has 1 atom stereocenters. The van der Waals surface area contributed by atoms with Gasteiger partial charge >= 0.3 is 5.97 Å². The second-order valence-corrected chi connectivity index (χ2v) is 5.03. The van der Waals surface area contributed by atoms with Crippen molar-refractivity contribution in [3.05, 3.63) is 35.4 Å². The molecule has 0 radical (unpaired) electrons. The number of hydrogen-bond donors (Lipinski definition) is 2. The first-order valence-corrected chi connectivity index (χ1v) is 7.06. The highest BCUT2D eigenvalue weighted by atomic mass is 16.4. The van der Waals surface area contributed by atoms with E-state index in [1.54, 1.807) is 24.3 Å². The molecule has 1 amide bonds. The summed E-state index contributed by atoms with van der Waals surface area (Å²) < 4.78 is 0. The second-order valence-electron chi connectivity index (χ2n) is 5.03. The molecule has 0 spiro atoms. The molecule has 0 saturated heterocycles. The van der Waals surface area contributed by atoms with Crippen LogP contribution in [0.3, 0.4) is 0 Å². The topological polar surface area (TPSA) is 83.5 Å². The molecule has 5 heteroatoms. The van der Waals surface area contributed by atoms with Crippen molar-refractivity contribution in [1.29, 1.82) is 0 Å². The molecule has 0 heterocycles. The van der Waals surface area contributed by atoms with E-state index in [0.717, 1.165) is 18.4 Å². The quantitative estimate of drug-likeness (QED) is 0.719. The molecule has 0 aliphatic rings. The zero-order valence-electron chi connectivity index (χ0n) is 12.4. The summed E-state index contributed by atoms with van der Waals surface area (Å²) in [6.45, 7) is 3.45. The van der Waals surface area contributed by atoms with E-state index >= 15 is 0 Å². The number of Topliss-reactive ketones (excluding diaryl/α,β-unsaturated/α-hetero) is 1. The maximum absolute atomic E-state index is 11.9. The van der Waals surface area contributed by atoms with Crippen LogP contribution < -0.4 is 5.32 Å². The lowest BCUT2D eigenvalue weighted by Crippen LogP contribution is -2.41. The number of carbonyl (C=O) groups is 3. The van der Waals surface area contributed by atoms with Gasteiger partial charge in [0.05, 0.1) is 6.42 Å². The van der Waals surface area contributed by atoms with E-state index in [4.69, 9.17) is 5.11 Å². The molecule has 2 N–H and O–H groups in total. The first kappa shape index (κ1) is 16.9. The van der Waals surface area contributed by atoms with Gasteiger partial charge in [-0.05, 0) is 18.9 Å². The van der Waals surface area contributed by atoms with E-state index in [0.29, 0.717) is 12.0 Å². The lowest BCUT2D eigenvalue weighted by atomic mass is 10.1. The van der Waals surface area contributed by atoms with Gasteiger partial charge in [-0.15, -0.1) is 0 Å². The van der Waals surface area contributed by atoms with Crippen LogP contribution in [-0.2, 0) is 16.0 Å². The highest BCUT2D eigenvalue weighted by Gasteiger charge is 2.19. The number of carboxylic acids is 1. The van der Waals surface area contributed by atoms with Gasteiger partial charge in [0.2, 0.25) is 5.91 Å². The van der Waals surface area contributed by atoms with Crippen LogP contribution in [0.25, 0.3) is 0 Å². The molecule has 5 nitrogen and oxygen atoms in total. The van der Waals surface area contributed by atoms with Gasteiger partial charge in [-0.25, -0.2) is 4.79 Å². The number of ketones is 1. The Balaban J connectivity index is 2.59. The zero-order valence-corrected chi connectivity index (χ0v) is 12.4. The highest BCUT2D eigenvalue weighted by molar-refractivity contribution is 5.94. The van der Waals surface area contributed by atoms with Crippen molar-refractivity contribution in [3.63, 3.8) is 0 Å². The maximum atomic E-state index is 11.9. The number of aliphatic carboxylic acids is 1. The summed E-state index contributed by atoms with van der Waals surface area (Å²) in [5, 5.41) is 11.6. The molecule has 0 unspecified atom stereocenters. The number of hydrogen-bond acceptors (Lipinski definition) is 3. The van der Waals surface area contributed by atoms with Crippen LogP contribution >= 0.6 is 0 Å².